The smallest absolute Gasteiger partial charge is 0.159 e. The van der Waals surface area contributed by atoms with Crippen LogP contribution in [0.3, 0.4) is 0 Å². The Labute approximate surface area is 134 Å². The van der Waals surface area contributed by atoms with Gasteiger partial charge in [0.25, 0.3) is 0 Å². The Morgan fingerprint density at radius 1 is 1.00 bits per heavy atom. The summed E-state index contributed by atoms with van der Waals surface area (Å²) in [5.74, 6) is 0.301. The topological polar surface area (TPSA) is 63.8 Å². The number of anilines is 1. The molecule has 0 fully saturated rings. The average molecular weight is 308 g/mol. The van der Waals surface area contributed by atoms with Crippen molar-refractivity contribution in [1.29, 1.82) is 0 Å². The molecule has 2 aromatic carbocycles. The Hall–Kier alpha value is -2.79. The summed E-state index contributed by atoms with van der Waals surface area (Å²) in [6.45, 7) is 1.08. The fourth-order valence-corrected chi connectivity index (χ4v) is 2.30. The molecule has 0 spiro atoms. The molecule has 0 aliphatic rings. The van der Waals surface area contributed by atoms with Crippen LogP contribution in [0.5, 0.6) is 0 Å². The summed E-state index contributed by atoms with van der Waals surface area (Å²) in [6, 6.07) is 16.1. The number of benzene rings is 2. The van der Waals surface area contributed by atoms with Gasteiger partial charge >= 0.3 is 0 Å². The first-order chi connectivity index (χ1) is 11.3. The molecule has 0 saturated carbocycles. The number of hydrogen-bond acceptors (Lipinski definition) is 4. The van der Waals surface area contributed by atoms with Crippen LogP contribution in [0.15, 0.2) is 60.8 Å². The monoisotopic (exact) mass is 308 g/mol. The van der Waals surface area contributed by atoms with Crippen molar-refractivity contribution in [3.63, 3.8) is 0 Å². The van der Waals surface area contributed by atoms with Crippen LogP contribution in [0.25, 0.3) is 22.6 Å². The van der Waals surface area contributed by atoms with Crippen LogP contribution in [0.1, 0.15) is 0 Å². The van der Waals surface area contributed by atoms with Crippen LogP contribution in [0, 0.1) is 5.82 Å². The van der Waals surface area contributed by atoms with Crippen molar-refractivity contribution in [3.05, 3.63) is 66.6 Å². The van der Waals surface area contributed by atoms with Gasteiger partial charge in [0.15, 0.2) is 5.82 Å². The number of aromatic nitrogens is 2. The van der Waals surface area contributed by atoms with Crippen molar-refractivity contribution >= 4 is 5.69 Å². The van der Waals surface area contributed by atoms with Gasteiger partial charge in [0, 0.05) is 24.2 Å². The lowest BCUT2D eigenvalue weighted by Gasteiger charge is -2.12. The third-order valence-electron chi connectivity index (χ3n) is 3.38. The van der Waals surface area contributed by atoms with Crippen molar-refractivity contribution in [1.82, 2.24) is 9.97 Å². The summed E-state index contributed by atoms with van der Waals surface area (Å²) in [4.78, 5) is 9.03. The number of rotatable bonds is 5. The Bertz CT molecular complexity index is 790. The summed E-state index contributed by atoms with van der Waals surface area (Å²) >= 11 is 0. The van der Waals surface area contributed by atoms with E-state index in [0.717, 1.165) is 11.3 Å². The van der Waals surface area contributed by atoms with Crippen molar-refractivity contribution in [2.75, 3.05) is 18.4 Å². The molecular weight excluding hydrogens is 291 g/mol. The van der Waals surface area contributed by atoms with Gasteiger partial charge in [-0.1, -0.05) is 42.5 Å². The predicted octanol–water partition coefficient (Wildman–Crippen LogP) is 3.32. The Balaban J connectivity index is 2.09. The Morgan fingerprint density at radius 2 is 1.78 bits per heavy atom. The molecule has 4 nitrogen and oxygen atoms in total. The molecule has 0 unspecified atom stereocenters. The van der Waals surface area contributed by atoms with Gasteiger partial charge in [0.05, 0.1) is 17.6 Å². The van der Waals surface area contributed by atoms with E-state index in [4.69, 9.17) is 5.73 Å². The van der Waals surface area contributed by atoms with Gasteiger partial charge in [-0.2, -0.15) is 0 Å². The van der Waals surface area contributed by atoms with Gasteiger partial charge in [0.1, 0.15) is 5.82 Å². The van der Waals surface area contributed by atoms with Crippen molar-refractivity contribution in [2.45, 2.75) is 0 Å². The normalized spacial score (nSPS) is 10.5. The summed E-state index contributed by atoms with van der Waals surface area (Å²) in [5, 5.41) is 3.19. The second kappa shape index (κ2) is 6.98. The Morgan fingerprint density at radius 3 is 2.52 bits per heavy atom. The van der Waals surface area contributed by atoms with Crippen molar-refractivity contribution in [2.24, 2.45) is 5.73 Å². The molecular formula is C18H17FN4. The number of hydrogen-bond donors (Lipinski definition) is 2. The SMILES string of the molecule is NCCNc1cnc(-c2ccccc2)nc1-c1cccc(F)c1. The maximum atomic E-state index is 13.6. The molecule has 1 heterocycles. The van der Waals surface area contributed by atoms with Crippen molar-refractivity contribution in [3.8, 4) is 22.6 Å². The molecule has 0 atom stereocenters. The lowest BCUT2D eigenvalue weighted by molar-refractivity contribution is 0.628. The van der Waals surface area contributed by atoms with Gasteiger partial charge < -0.3 is 11.1 Å². The minimum atomic E-state index is -0.299. The highest BCUT2D eigenvalue weighted by molar-refractivity contribution is 5.75. The lowest BCUT2D eigenvalue weighted by atomic mass is 10.1. The maximum Gasteiger partial charge on any atom is 0.159 e. The molecule has 0 amide bonds. The van der Waals surface area contributed by atoms with Gasteiger partial charge in [-0.3, -0.25) is 0 Å². The fraction of sp³-hybridized carbons (Fsp3) is 0.111. The van der Waals surface area contributed by atoms with E-state index in [1.165, 1.54) is 12.1 Å². The molecule has 0 aliphatic heterocycles. The van der Waals surface area contributed by atoms with Crippen LogP contribution >= 0.6 is 0 Å². The fourth-order valence-electron chi connectivity index (χ4n) is 2.30. The minimum absolute atomic E-state index is 0.299. The van der Waals surface area contributed by atoms with Gasteiger partial charge in [-0.25, -0.2) is 14.4 Å². The van der Waals surface area contributed by atoms with E-state index in [0.29, 0.717) is 30.2 Å². The predicted molar refractivity (Wildman–Crippen MR) is 90.4 cm³/mol. The molecule has 3 aromatic rings. The summed E-state index contributed by atoms with van der Waals surface area (Å²) in [7, 11) is 0. The number of nitrogens with zero attached hydrogens (tertiary/aromatic N) is 2. The first-order valence-corrected chi connectivity index (χ1v) is 7.40. The van der Waals surface area contributed by atoms with E-state index >= 15 is 0 Å². The highest BCUT2D eigenvalue weighted by atomic mass is 19.1. The van der Waals surface area contributed by atoms with Crippen LogP contribution in [0.2, 0.25) is 0 Å². The van der Waals surface area contributed by atoms with Crippen LogP contribution in [-0.2, 0) is 0 Å². The quantitative estimate of drug-likeness (QED) is 0.759. The number of nitrogens with one attached hydrogen (secondary N) is 1. The molecule has 23 heavy (non-hydrogen) atoms. The molecule has 0 saturated heterocycles. The number of nitrogens with two attached hydrogens (primary N) is 1. The van der Waals surface area contributed by atoms with Crippen LogP contribution in [-0.4, -0.2) is 23.1 Å². The van der Waals surface area contributed by atoms with E-state index in [-0.39, 0.29) is 5.82 Å². The maximum absolute atomic E-state index is 13.6. The van der Waals surface area contributed by atoms with Gasteiger partial charge in [-0.15, -0.1) is 0 Å². The zero-order chi connectivity index (χ0) is 16.1. The van der Waals surface area contributed by atoms with Crippen LogP contribution in [0.4, 0.5) is 10.1 Å². The molecule has 3 rings (SSSR count). The molecule has 5 heteroatoms. The van der Waals surface area contributed by atoms with E-state index < -0.39 is 0 Å². The third kappa shape index (κ3) is 3.52. The van der Waals surface area contributed by atoms with Gasteiger partial charge in [-0.05, 0) is 12.1 Å². The average Bonchev–Trinajstić information content (AvgIpc) is 2.60. The first kappa shape index (κ1) is 15.1. The highest BCUT2D eigenvalue weighted by Crippen LogP contribution is 2.28. The van der Waals surface area contributed by atoms with E-state index in [9.17, 15) is 4.39 Å². The van der Waals surface area contributed by atoms with E-state index in [2.05, 4.69) is 15.3 Å². The standard InChI is InChI=1S/C18H17FN4/c19-15-8-4-7-14(11-15)17-16(21-10-9-20)12-22-18(23-17)13-5-2-1-3-6-13/h1-8,11-12,21H,9-10,20H2. The zero-order valence-corrected chi connectivity index (χ0v) is 12.5. The third-order valence-corrected chi connectivity index (χ3v) is 3.38. The second-order valence-electron chi connectivity index (χ2n) is 5.05. The molecule has 3 N–H and O–H groups in total. The largest absolute Gasteiger partial charge is 0.381 e. The minimum Gasteiger partial charge on any atom is -0.381 e. The lowest BCUT2D eigenvalue weighted by Crippen LogP contribution is -2.14. The van der Waals surface area contributed by atoms with Crippen molar-refractivity contribution < 1.29 is 4.39 Å². The summed E-state index contributed by atoms with van der Waals surface area (Å²) in [5.41, 5.74) is 8.55. The highest BCUT2D eigenvalue weighted by Gasteiger charge is 2.11. The molecule has 0 bridgehead atoms. The Kier molecular flexibility index (Phi) is 4.59. The molecule has 0 radical (unpaired) electrons. The molecule has 1 aromatic heterocycles. The molecule has 0 aliphatic carbocycles. The zero-order valence-electron chi connectivity index (χ0n) is 12.5. The van der Waals surface area contributed by atoms with E-state index in [1.54, 1.807) is 12.3 Å². The first-order valence-electron chi connectivity index (χ1n) is 7.40. The van der Waals surface area contributed by atoms with Crippen LogP contribution < -0.4 is 11.1 Å². The summed E-state index contributed by atoms with van der Waals surface area (Å²) in [6.07, 6.45) is 1.71. The van der Waals surface area contributed by atoms with E-state index in [1.807, 2.05) is 36.4 Å². The molecule has 116 valence electrons. The number of halogens is 1. The second-order valence-corrected chi connectivity index (χ2v) is 5.05. The summed E-state index contributed by atoms with van der Waals surface area (Å²) < 4.78 is 13.6. The van der Waals surface area contributed by atoms with Gasteiger partial charge in [0.2, 0.25) is 0 Å².